The number of likely N-dealkylation sites (tertiary alicyclic amines) is 1. The van der Waals surface area contributed by atoms with Gasteiger partial charge in [-0.15, -0.1) is 0 Å². The second-order valence-corrected chi connectivity index (χ2v) is 13.6. The number of ether oxygens (including phenoxy) is 3. The summed E-state index contributed by atoms with van der Waals surface area (Å²) in [5, 5.41) is 0.0378. The van der Waals surface area contributed by atoms with Crippen LogP contribution in [-0.4, -0.2) is 58.2 Å². The topological polar surface area (TPSA) is 74.3 Å². The first kappa shape index (κ1) is 23.2. The van der Waals surface area contributed by atoms with Gasteiger partial charge in [-0.1, -0.05) is 32.9 Å². The summed E-state index contributed by atoms with van der Waals surface area (Å²) < 4.78 is 21.9. The molecule has 2 atom stereocenters. The Hall–Kier alpha value is -2.06. The summed E-state index contributed by atoms with van der Waals surface area (Å²) in [6.45, 7) is 11.2. The maximum atomic E-state index is 12.7. The number of hydrogen-bond acceptors (Lipinski definition) is 6. The van der Waals surface area contributed by atoms with Crippen molar-refractivity contribution in [3.05, 3.63) is 29.8 Å². The van der Waals surface area contributed by atoms with Crippen LogP contribution >= 0.6 is 0 Å². The zero-order valence-corrected chi connectivity index (χ0v) is 19.5. The lowest BCUT2D eigenvalue weighted by molar-refractivity contribution is -0.145. The summed E-state index contributed by atoms with van der Waals surface area (Å²) in [5.74, 6) is 0.281. The fraction of sp³-hybridized carbons (Fsp3) is 0.619. The third kappa shape index (κ3) is 5.73. The van der Waals surface area contributed by atoms with Gasteiger partial charge in [0.1, 0.15) is 18.4 Å². The van der Waals surface area contributed by atoms with Gasteiger partial charge in [0, 0.05) is 13.0 Å². The van der Waals surface area contributed by atoms with Crippen LogP contribution in [0.1, 0.15) is 32.8 Å². The number of esters is 1. The van der Waals surface area contributed by atoms with E-state index < -0.39 is 26.4 Å². The summed E-state index contributed by atoms with van der Waals surface area (Å²) in [7, 11) is 0.888. The second-order valence-electron chi connectivity index (χ2n) is 8.83. The lowest BCUT2D eigenvalue weighted by Crippen LogP contribution is -2.45. The molecule has 1 amide bonds. The van der Waals surface area contributed by atoms with Crippen LogP contribution < -0.4 is 4.74 Å². The lowest BCUT2D eigenvalue weighted by atomic mass is 10.2. The third-order valence-electron chi connectivity index (χ3n) is 5.76. The van der Waals surface area contributed by atoms with Gasteiger partial charge in [-0.2, -0.15) is 0 Å². The average molecular weight is 424 g/mol. The zero-order chi connectivity index (χ0) is 21.8. The van der Waals surface area contributed by atoms with Gasteiger partial charge < -0.3 is 18.6 Å². The maximum Gasteiger partial charge on any atom is 0.410 e. The van der Waals surface area contributed by atoms with Gasteiger partial charge in [-0.3, -0.25) is 4.90 Å². The van der Waals surface area contributed by atoms with Crippen LogP contribution in [0.25, 0.3) is 0 Å². The molecule has 0 radical (unpaired) electrons. The highest BCUT2D eigenvalue weighted by atomic mass is 28.4. The van der Waals surface area contributed by atoms with E-state index in [4.69, 9.17) is 18.6 Å². The molecule has 0 spiro atoms. The van der Waals surface area contributed by atoms with Crippen molar-refractivity contribution in [3.63, 3.8) is 0 Å². The van der Waals surface area contributed by atoms with Crippen molar-refractivity contribution in [1.29, 1.82) is 0 Å². The third-order valence-corrected chi connectivity index (χ3v) is 10.3. The molecule has 1 heterocycles. The van der Waals surface area contributed by atoms with Crippen LogP contribution in [0.15, 0.2) is 24.3 Å². The minimum Gasteiger partial charge on any atom is -0.497 e. The Labute approximate surface area is 174 Å². The van der Waals surface area contributed by atoms with Crippen LogP contribution in [0.2, 0.25) is 18.1 Å². The van der Waals surface area contributed by atoms with Gasteiger partial charge in [0.05, 0.1) is 20.3 Å². The van der Waals surface area contributed by atoms with Crippen molar-refractivity contribution in [2.24, 2.45) is 0 Å². The molecule has 1 fully saturated rings. The van der Waals surface area contributed by atoms with Crippen molar-refractivity contribution in [2.75, 3.05) is 20.8 Å². The van der Waals surface area contributed by atoms with Crippen LogP contribution in [0.5, 0.6) is 5.75 Å². The number of rotatable bonds is 6. The largest absolute Gasteiger partial charge is 0.497 e. The van der Waals surface area contributed by atoms with Gasteiger partial charge in [0.2, 0.25) is 0 Å². The van der Waals surface area contributed by atoms with Crippen LogP contribution in [0.4, 0.5) is 4.79 Å². The first-order valence-electron chi connectivity index (χ1n) is 9.80. The molecular weight excluding hydrogens is 390 g/mol. The predicted molar refractivity (Wildman–Crippen MR) is 112 cm³/mol. The number of nitrogens with zero attached hydrogens (tertiary/aromatic N) is 1. The molecular formula is C21H33NO6Si. The summed E-state index contributed by atoms with van der Waals surface area (Å²) >= 11 is 0. The van der Waals surface area contributed by atoms with Crippen molar-refractivity contribution in [1.82, 2.24) is 4.90 Å². The molecule has 1 aliphatic rings. The molecule has 29 heavy (non-hydrogen) atoms. The monoisotopic (exact) mass is 423 g/mol. The van der Waals surface area contributed by atoms with Gasteiger partial charge in [-0.05, 0) is 35.8 Å². The molecule has 1 aromatic rings. The summed E-state index contributed by atoms with van der Waals surface area (Å²) in [4.78, 5) is 26.4. The van der Waals surface area contributed by atoms with E-state index in [1.807, 2.05) is 12.1 Å². The molecule has 0 bridgehead atoms. The second kappa shape index (κ2) is 9.17. The number of methoxy groups -OCH3 is 2. The fourth-order valence-corrected chi connectivity index (χ4v) is 4.34. The van der Waals surface area contributed by atoms with E-state index in [9.17, 15) is 9.59 Å². The standard InChI is InChI=1S/C21H33NO6Si/c1-21(2,3)29(6,7)28-17-12-18(19(23)26-5)22(13-17)20(24)27-14-15-8-10-16(25-4)11-9-15/h8-11,17-18H,12-14H2,1-7H3/t17?,18-/m0/s1. The molecule has 1 aliphatic heterocycles. The fourth-order valence-electron chi connectivity index (χ4n) is 2.99. The lowest BCUT2D eigenvalue weighted by Gasteiger charge is -2.38. The Morgan fingerprint density at radius 3 is 2.28 bits per heavy atom. The van der Waals surface area contributed by atoms with Gasteiger partial charge in [0.25, 0.3) is 0 Å². The SMILES string of the molecule is COC(=O)[C@@H]1CC(O[Si](C)(C)C(C)(C)C)CN1C(=O)OCc1ccc(OC)cc1. The molecule has 1 unspecified atom stereocenters. The number of hydrogen-bond donors (Lipinski definition) is 0. The first-order valence-corrected chi connectivity index (χ1v) is 12.7. The highest BCUT2D eigenvalue weighted by Gasteiger charge is 2.46. The Kier molecular flexibility index (Phi) is 7.34. The maximum absolute atomic E-state index is 12.7. The van der Waals surface area contributed by atoms with E-state index in [0.29, 0.717) is 13.0 Å². The van der Waals surface area contributed by atoms with Crippen molar-refractivity contribution in [2.45, 2.75) is 64.1 Å². The van der Waals surface area contributed by atoms with Crippen LogP contribution in [0.3, 0.4) is 0 Å². The van der Waals surface area contributed by atoms with Crippen molar-refractivity contribution < 1.29 is 28.2 Å². The van der Waals surface area contributed by atoms with E-state index in [0.717, 1.165) is 11.3 Å². The zero-order valence-electron chi connectivity index (χ0n) is 18.5. The summed E-state index contributed by atoms with van der Waals surface area (Å²) in [6.07, 6.45) is -0.345. The highest BCUT2D eigenvalue weighted by Crippen LogP contribution is 2.39. The van der Waals surface area contributed by atoms with Crippen LogP contribution in [0, 0.1) is 0 Å². The number of carbonyl (C=O) groups is 2. The molecule has 0 aromatic heterocycles. The van der Waals surface area contributed by atoms with Crippen molar-refractivity contribution in [3.8, 4) is 5.75 Å². The predicted octanol–water partition coefficient (Wildman–Crippen LogP) is 3.97. The first-order chi connectivity index (χ1) is 13.5. The molecule has 1 saturated heterocycles. The summed E-state index contributed by atoms with van der Waals surface area (Å²) in [5.41, 5.74) is 0.835. The Bertz CT molecular complexity index is 713. The van der Waals surface area contributed by atoms with Gasteiger partial charge in [0.15, 0.2) is 8.32 Å². The molecule has 162 valence electrons. The minimum atomic E-state index is -2.03. The Balaban J connectivity index is 2.05. The summed E-state index contributed by atoms with van der Waals surface area (Å²) in [6, 6.07) is 6.57. The van der Waals surface area contributed by atoms with Gasteiger partial charge >= 0.3 is 12.1 Å². The molecule has 0 aliphatic carbocycles. The minimum absolute atomic E-state index is 0.0378. The smallest absolute Gasteiger partial charge is 0.410 e. The molecule has 2 rings (SSSR count). The molecule has 1 aromatic carbocycles. The number of benzene rings is 1. The van der Waals surface area contributed by atoms with Gasteiger partial charge in [-0.25, -0.2) is 9.59 Å². The van der Waals surface area contributed by atoms with E-state index in [1.165, 1.54) is 12.0 Å². The normalized spacial score (nSPS) is 19.8. The highest BCUT2D eigenvalue weighted by molar-refractivity contribution is 6.74. The number of carbonyl (C=O) groups excluding carboxylic acids is 2. The average Bonchev–Trinajstić information content (AvgIpc) is 3.08. The number of amides is 1. The molecule has 8 heteroatoms. The van der Waals surface area contributed by atoms with Crippen LogP contribution in [-0.2, 0) is 25.3 Å². The molecule has 0 saturated carbocycles. The van der Waals surface area contributed by atoms with E-state index in [1.54, 1.807) is 19.2 Å². The van der Waals surface area contributed by atoms with E-state index in [-0.39, 0.29) is 17.7 Å². The van der Waals surface area contributed by atoms with E-state index >= 15 is 0 Å². The Morgan fingerprint density at radius 2 is 1.76 bits per heavy atom. The van der Waals surface area contributed by atoms with Crippen molar-refractivity contribution >= 4 is 20.4 Å². The molecule has 0 N–H and O–H groups in total. The van der Waals surface area contributed by atoms with E-state index in [2.05, 4.69) is 33.9 Å². The Morgan fingerprint density at radius 1 is 1.14 bits per heavy atom. The quantitative estimate of drug-likeness (QED) is 0.509. The molecule has 7 nitrogen and oxygen atoms in total.